The van der Waals surface area contributed by atoms with E-state index in [4.69, 9.17) is 17.8 Å². The van der Waals surface area contributed by atoms with Crippen LogP contribution in [0.15, 0.2) is 0 Å². The van der Waals surface area contributed by atoms with Gasteiger partial charge in [0.25, 0.3) is 0 Å². The van der Waals surface area contributed by atoms with Crippen LogP contribution in [-0.4, -0.2) is 49.7 Å². The van der Waals surface area contributed by atoms with Crippen molar-refractivity contribution in [2.24, 2.45) is 0 Å². The fraction of sp³-hybridized carbons (Fsp3) is 0.857. The normalized spacial score (nSPS) is 16.7. The Morgan fingerprint density at radius 1 is 1.67 bits per heavy atom. The molecule has 8 heteroatoms. The molecule has 0 saturated heterocycles. The molecule has 15 heavy (non-hydrogen) atoms. The average Bonchev–Trinajstić information content (AvgIpc) is 2.14. The van der Waals surface area contributed by atoms with Crippen LogP contribution in [0.2, 0.25) is 6.32 Å². The van der Waals surface area contributed by atoms with E-state index >= 15 is 0 Å². The van der Waals surface area contributed by atoms with Crippen molar-refractivity contribution >= 4 is 21.3 Å². The van der Waals surface area contributed by atoms with E-state index in [2.05, 4.69) is 9.84 Å². The highest BCUT2D eigenvalue weighted by Gasteiger charge is 2.13. The van der Waals surface area contributed by atoms with Gasteiger partial charge in [0.05, 0.1) is 27.1 Å². The standard InChI is InChI=1S/C7H15BNO5P/c1-15(12,13)14-3-2-6(5-10)9-7(11)4-8/h6,10H,2-5H2,1H3,(H,9,11)(H,12,13)/t6-/m1/s1. The Hall–Kier alpha value is -0.355. The molecule has 1 unspecified atom stereocenters. The Balaban J connectivity index is 3.81. The summed E-state index contributed by atoms with van der Waals surface area (Å²) in [6, 6.07) is -0.507. The minimum Gasteiger partial charge on any atom is -0.394 e. The van der Waals surface area contributed by atoms with Crippen LogP contribution in [-0.2, 0) is 13.9 Å². The van der Waals surface area contributed by atoms with Gasteiger partial charge in [-0.3, -0.25) is 9.36 Å². The maximum atomic E-state index is 10.8. The average molecular weight is 235 g/mol. The van der Waals surface area contributed by atoms with Crippen molar-refractivity contribution in [1.29, 1.82) is 0 Å². The molecule has 0 bridgehead atoms. The van der Waals surface area contributed by atoms with Gasteiger partial charge in [0.15, 0.2) is 0 Å². The van der Waals surface area contributed by atoms with Crippen molar-refractivity contribution in [2.75, 3.05) is 19.9 Å². The summed E-state index contributed by atoms with van der Waals surface area (Å²) in [6.07, 6.45) is 0.0876. The van der Waals surface area contributed by atoms with Gasteiger partial charge in [0.1, 0.15) is 0 Å². The molecule has 0 aliphatic carbocycles. The van der Waals surface area contributed by atoms with Gasteiger partial charge in [-0.05, 0) is 12.7 Å². The van der Waals surface area contributed by atoms with Crippen LogP contribution in [0.1, 0.15) is 6.42 Å². The largest absolute Gasteiger partial charge is 0.394 e. The Morgan fingerprint density at radius 3 is 2.67 bits per heavy atom. The monoisotopic (exact) mass is 235 g/mol. The molecule has 0 rings (SSSR count). The molecule has 2 atom stereocenters. The number of hydrogen-bond acceptors (Lipinski definition) is 4. The number of rotatable bonds is 7. The molecule has 0 aromatic rings. The van der Waals surface area contributed by atoms with Crippen molar-refractivity contribution in [3.8, 4) is 0 Å². The number of amides is 1. The van der Waals surface area contributed by atoms with E-state index in [9.17, 15) is 9.36 Å². The van der Waals surface area contributed by atoms with Crippen LogP contribution in [0.4, 0.5) is 0 Å². The predicted molar refractivity (Wildman–Crippen MR) is 55.9 cm³/mol. The van der Waals surface area contributed by atoms with Gasteiger partial charge in [-0.1, -0.05) is 0 Å². The van der Waals surface area contributed by atoms with Crippen molar-refractivity contribution in [1.82, 2.24) is 5.32 Å². The quantitative estimate of drug-likeness (QED) is 0.399. The second-order valence-electron chi connectivity index (χ2n) is 3.08. The third-order valence-electron chi connectivity index (χ3n) is 1.57. The Bertz CT molecular complexity index is 244. The molecule has 3 N–H and O–H groups in total. The van der Waals surface area contributed by atoms with Crippen LogP contribution in [0, 0.1) is 0 Å². The van der Waals surface area contributed by atoms with Crippen LogP contribution in [0.25, 0.3) is 0 Å². The minimum atomic E-state index is -3.49. The first-order valence-corrected chi connectivity index (χ1v) is 6.46. The summed E-state index contributed by atoms with van der Waals surface area (Å²) in [7, 11) is 1.57. The van der Waals surface area contributed by atoms with E-state index in [1.807, 2.05) is 0 Å². The number of carbonyl (C=O) groups is 1. The Morgan fingerprint density at radius 2 is 2.27 bits per heavy atom. The van der Waals surface area contributed by atoms with Crippen LogP contribution < -0.4 is 5.32 Å². The third kappa shape index (κ3) is 8.63. The molecule has 1 amide bonds. The number of carbonyl (C=O) groups excluding carboxylic acids is 1. The van der Waals surface area contributed by atoms with E-state index in [0.717, 1.165) is 6.66 Å². The highest BCUT2D eigenvalue weighted by atomic mass is 31.2. The summed E-state index contributed by atoms with van der Waals surface area (Å²) in [5.41, 5.74) is 0. The molecule has 0 aliphatic rings. The lowest BCUT2D eigenvalue weighted by Crippen LogP contribution is -2.37. The van der Waals surface area contributed by atoms with Crippen molar-refractivity contribution in [3.63, 3.8) is 0 Å². The zero-order valence-corrected chi connectivity index (χ0v) is 9.44. The van der Waals surface area contributed by atoms with Gasteiger partial charge < -0.3 is 19.8 Å². The number of nitrogens with one attached hydrogen (secondary N) is 1. The third-order valence-corrected chi connectivity index (χ3v) is 2.23. The second-order valence-corrected chi connectivity index (χ2v) is 4.94. The van der Waals surface area contributed by atoms with Gasteiger partial charge >= 0.3 is 7.60 Å². The zero-order valence-electron chi connectivity index (χ0n) is 8.55. The Kier molecular flexibility index (Phi) is 6.84. The van der Waals surface area contributed by atoms with Gasteiger partial charge in [-0.2, -0.15) is 0 Å². The lowest BCUT2D eigenvalue weighted by Gasteiger charge is -2.16. The first kappa shape index (κ1) is 14.6. The first-order chi connectivity index (χ1) is 6.89. The van der Waals surface area contributed by atoms with Gasteiger partial charge in [-0.25, -0.2) is 0 Å². The molecular formula is C7H15BNO5P. The Labute approximate surface area is 90.0 Å². The summed E-state index contributed by atoms with van der Waals surface area (Å²) in [6.45, 7) is 0.786. The lowest BCUT2D eigenvalue weighted by atomic mass is 10.0. The molecule has 0 fully saturated rings. The summed E-state index contributed by atoms with van der Waals surface area (Å²) >= 11 is 0. The van der Waals surface area contributed by atoms with Crippen LogP contribution in [0.5, 0.6) is 0 Å². The first-order valence-electron chi connectivity index (χ1n) is 4.44. The number of aliphatic hydroxyl groups is 1. The molecular weight excluding hydrogens is 220 g/mol. The summed E-state index contributed by atoms with van der Waals surface area (Å²) in [5.74, 6) is -0.391. The fourth-order valence-electron chi connectivity index (χ4n) is 0.860. The molecule has 0 aliphatic heterocycles. The smallest absolute Gasteiger partial charge is 0.325 e. The van der Waals surface area contributed by atoms with Gasteiger partial charge in [0.2, 0.25) is 5.91 Å². The highest BCUT2D eigenvalue weighted by molar-refractivity contribution is 7.51. The number of hydrogen-bond donors (Lipinski definition) is 3. The van der Waals surface area contributed by atoms with Crippen LogP contribution in [0.3, 0.4) is 0 Å². The van der Waals surface area contributed by atoms with Crippen molar-refractivity contribution < 1.29 is 23.9 Å². The van der Waals surface area contributed by atoms with E-state index in [1.165, 1.54) is 0 Å². The molecule has 0 aromatic heterocycles. The predicted octanol–water partition coefficient (Wildman–Crippen LogP) is -0.728. The minimum absolute atomic E-state index is 0.0135. The van der Waals surface area contributed by atoms with E-state index < -0.39 is 19.5 Å². The molecule has 86 valence electrons. The van der Waals surface area contributed by atoms with Gasteiger partial charge in [0, 0.05) is 6.66 Å². The van der Waals surface area contributed by atoms with Crippen molar-refractivity contribution in [3.05, 3.63) is 0 Å². The molecule has 2 radical (unpaired) electrons. The van der Waals surface area contributed by atoms with Crippen LogP contribution >= 0.6 is 7.60 Å². The molecule has 0 saturated carbocycles. The maximum absolute atomic E-state index is 10.8. The van der Waals surface area contributed by atoms with E-state index in [-0.39, 0.29) is 26.0 Å². The van der Waals surface area contributed by atoms with Gasteiger partial charge in [-0.15, -0.1) is 0 Å². The van der Waals surface area contributed by atoms with Crippen molar-refractivity contribution in [2.45, 2.75) is 18.8 Å². The van der Waals surface area contributed by atoms with E-state index in [1.54, 1.807) is 0 Å². The zero-order chi connectivity index (χ0) is 11.9. The second kappa shape index (κ2) is 7.01. The van der Waals surface area contributed by atoms with E-state index in [0.29, 0.717) is 0 Å². The SMILES string of the molecule is [B]CC(=O)N[C@@H](CO)CCOP(C)(=O)O. The highest BCUT2D eigenvalue weighted by Crippen LogP contribution is 2.36. The topological polar surface area (TPSA) is 95.9 Å². The maximum Gasteiger partial charge on any atom is 0.325 e. The summed E-state index contributed by atoms with van der Waals surface area (Å²) < 4.78 is 15.3. The molecule has 6 nitrogen and oxygen atoms in total. The fourth-order valence-corrected chi connectivity index (χ4v) is 1.30. The summed E-state index contributed by atoms with van der Waals surface area (Å²) in [4.78, 5) is 19.6. The molecule has 0 spiro atoms. The lowest BCUT2D eigenvalue weighted by molar-refractivity contribution is -0.120. The molecule has 0 aromatic carbocycles. The molecule has 0 heterocycles. The number of aliphatic hydroxyl groups excluding tert-OH is 1. The summed E-state index contributed by atoms with van der Waals surface area (Å²) in [5, 5.41) is 11.3.